The van der Waals surface area contributed by atoms with Gasteiger partial charge >= 0.3 is 0 Å². The van der Waals surface area contributed by atoms with E-state index in [0.29, 0.717) is 11.4 Å². The lowest BCUT2D eigenvalue weighted by Gasteiger charge is -2.17. The van der Waals surface area contributed by atoms with Crippen molar-refractivity contribution in [3.05, 3.63) is 23.3 Å². The molecule has 0 amide bonds. The normalized spacial score (nSPS) is 10.1. The van der Waals surface area contributed by atoms with E-state index in [1.807, 2.05) is 33.8 Å². The van der Waals surface area contributed by atoms with Gasteiger partial charge in [-0.15, -0.1) is 5.26 Å². The predicted molar refractivity (Wildman–Crippen MR) is 68.6 cm³/mol. The SMILES string of the molecule is CC(C)c1ccc(OC#N)c(C(C)C)c1N=C=O. The van der Waals surface area contributed by atoms with Crippen LogP contribution in [0, 0.1) is 11.5 Å². The summed E-state index contributed by atoms with van der Waals surface area (Å²) in [5.41, 5.74) is 2.29. The quantitative estimate of drug-likeness (QED) is 0.460. The average molecular weight is 244 g/mol. The standard InChI is InChI=1S/C14H16N2O2/c1-9(2)11-5-6-12(18-7-15)13(10(3)4)14(11)16-8-17/h5-6,9-10H,1-4H3. The molecule has 1 aromatic carbocycles. The number of nitriles is 1. The third-order valence-corrected chi connectivity index (χ3v) is 2.72. The van der Waals surface area contributed by atoms with Gasteiger partial charge in [0.25, 0.3) is 6.26 Å². The van der Waals surface area contributed by atoms with E-state index < -0.39 is 0 Å². The van der Waals surface area contributed by atoms with Crippen molar-refractivity contribution in [2.45, 2.75) is 39.5 Å². The Morgan fingerprint density at radius 2 is 1.89 bits per heavy atom. The first-order chi connectivity index (χ1) is 8.52. The Bertz CT molecular complexity index is 521. The van der Waals surface area contributed by atoms with E-state index in [1.54, 1.807) is 18.4 Å². The van der Waals surface area contributed by atoms with Crippen LogP contribution < -0.4 is 4.74 Å². The highest BCUT2D eigenvalue weighted by atomic mass is 16.5. The summed E-state index contributed by atoms with van der Waals surface area (Å²) in [6.07, 6.45) is 3.24. The highest BCUT2D eigenvalue weighted by Gasteiger charge is 2.19. The van der Waals surface area contributed by atoms with Gasteiger partial charge in [-0.05, 0) is 23.5 Å². The molecule has 0 aromatic heterocycles. The molecule has 0 aliphatic carbocycles. The van der Waals surface area contributed by atoms with Gasteiger partial charge in [-0.3, -0.25) is 0 Å². The summed E-state index contributed by atoms with van der Waals surface area (Å²) < 4.78 is 4.94. The van der Waals surface area contributed by atoms with E-state index in [4.69, 9.17) is 10.00 Å². The zero-order chi connectivity index (χ0) is 13.7. The van der Waals surface area contributed by atoms with Crippen molar-refractivity contribution in [2.24, 2.45) is 4.99 Å². The van der Waals surface area contributed by atoms with Crippen LogP contribution in [0.15, 0.2) is 17.1 Å². The molecule has 0 unspecified atom stereocenters. The molecular weight excluding hydrogens is 228 g/mol. The molecule has 0 aliphatic heterocycles. The third kappa shape index (κ3) is 2.77. The van der Waals surface area contributed by atoms with Crippen LogP contribution in [0.1, 0.15) is 50.7 Å². The van der Waals surface area contributed by atoms with Gasteiger partial charge in [0.1, 0.15) is 5.75 Å². The third-order valence-electron chi connectivity index (χ3n) is 2.72. The molecule has 1 rings (SSSR count). The number of ether oxygens (including phenoxy) is 1. The van der Waals surface area contributed by atoms with E-state index in [-0.39, 0.29) is 11.8 Å². The highest BCUT2D eigenvalue weighted by Crippen LogP contribution is 2.40. The molecule has 18 heavy (non-hydrogen) atoms. The van der Waals surface area contributed by atoms with E-state index >= 15 is 0 Å². The number of hydrogen-bond donors (Lipinski definition) is 0. The Morgan fingerprint density at radius 1 is 1.22 bits per heavy atom. The first-order valence-electron chi connectivity index (χ1n) is 5.83. The lowest BCUT2D eigenvalue weighted by atomic mass is 9.92. The van der Waals surface area contributed by atoms with Crippen molar-refractivity contribution in [1.82, 2.24) is 0 Å². The molecule has 94 valence electrons. The summed E-state index contributed by atoms with van der Waals surface area (Å²) in [5.74, 6) is 0.774. The van der Waals surface area contributed by atoms with E-state index in [0.717, 1.165) is 11.1 Å². The van der Waals surface area contributed by atoms with Crippen LogP contribution >= 0.6 is 0 Å². The number of carbonyl (C=O) groups excluding carboxylic acids is 1. The molecule has 0 heterocycles. The smallest absolute Gasteiger partial charge is 0.292 e. The van der Waals surface area contributed by atoms with Gasteiger partial charge < -0.3 is 4.74 Å². The van der Waals surface area contributed by atoms with E-state index in [9.17, 15) is 4.79 Å². The van der Waals surface area contributed by atoms with Crippen LogP contribution in [0.4, 0.5) is 5.69 Å². The van der Waals surface area contributed by atoms with Gasteiger partial charge in [0.15, 0.2) is 0 Å². The molecule has 0 aliphatic rings. The number of aliphatic imine (C=N–C) groups is 1. The van der Waals surface area contributed by atoms with Gasteiger partial charge in [-0.25, -0.2) is 4.79 Å². The highest BCUT2D eigenvalue weighted by molar-refractivity contribution is 5.65. The zero-order valence-electron chi connectivity index (χ0n) is 11.0. The van der Waals surface area contributed by atoms with E-state index in [1.165, 1.54) is 0 Å². The minimum atomic E-state index is 0.0964. The minimum Gasteiger partial charge on any atom is -0.388 e. The summed E-state index contributed by atoms with van der Waals surface area (Å²) in [7, 11) is 0. The van der Waals surface area contributed by atoms with Crippen molar-refractivity contribution in [3.63, 3.8) is 0 Å². The minimum absolute atomic E-state index is 0.0964. The first-order valence-corrected chi connectivity index (χ1v) is 5.83. The average Bonchev–Trinajstić information content (AvgIpc) is 2.29. The number of rotatable bonds is 4. The fourth-order valence-electron chi connectivity index (χ4n) is 1.94. The molecule has 0 saturated heterocycles. The van der Waals surface area contributed by atoms with Crippen molar-refractivity contribution in [1.29, 1.82) is 5.26 Å². The van der Waals surface area contributed by atoms with E-state index in [2.05, 4.69) is 4.99 Å². The zero-order valence-corrected chi connectivity index (χ0v) is 11.0. The molecule has 0 radical (unpaired) electrons. The molecule has 0 spiro atoms. The van der Waals surface area contributed by atoms with Crippen molar-refractivity contribution >= 4 is 11.8 Å². The molecule has 0 fully saturated rings. The molecule has 4 nitrogen and oxygen atoms in total. The van der Waals surface area contributed by atoms with Gasteiger partial charge in [0.05, 0.1) is 5.69 Å². The monoisotopic (exact) mass is 244 g/mol. The Hall–Kier alpha value is -2.11. The van der Waals surface area contributed by atoms with Crippen molar-refractivity contribution in [2.75, 3.05) is 0 Å². The molecule has 0 saturated carbocycles. The first kappa shape index (κ1) is 14.0. The summed E-state index contributed by atoms with van der Waals surface area (Å²) in [6.45, 7) is 7.98. The maximum Gasteiger partial charge on any atom is 0.292 e. The fraction of sp³-hybridized carbons (Fsp3) is 0.429. The molecule has 0 atom stereocenters. The summed E-state index contributed by atoms with van der Waals surface area (Å²) >= 11 is 0. The van der Waals surface area contributed by atoms with Gasteiger partial charge in [-0.1, -0.05) is 33.8 Å². The summed E-state index contributed by atoms with van der Waals surface area (Å²) in [6, 6.07) is 3.58. The molecule has 0 bridgehead atoms. The summed E-state index contributed by atoms with van der Waals surface area (Å²) in [4.78, 5) is 14.4. The number of nitrogens with zero attached hydrogens (tertiary/aromatic N) is 2. The number of benzene rings is 1. The predicted octanol–water partition coefficient (Wildman–Crippen LogP) is 3.76. The molecule has 4 heteroatoms. The Morgan fingerprint density at radius 3 is 2.33 bits per heavy atom. The van der Waals surface area contributed by atoms with Crippen LogP contribution in [0.2, 0.25) is 0 Å². The Balaban J connectivity index is 3.60. The van der Waals surface area contributed by atoms with Crippen molar-refractivity contribution < 1.29 is 9.53 Å². The molecule has 1 aromatic rings. The number of isocyanates is 1. The number of hydrogen-bond acceptors (Lipinski definition) is 4. The largest absolute Gasteiger partial charge is 0.388 e. The van der Waals surface area contributed by atoms with Crippen LogP contribution in [-0.2, 0) is 4.79 Å². The van der Waals surface area contributed by atoms with Crippen LogP contribution in [-0.4, -0.2) is 6.08 Å². The second kappa shape index (κ2) is 6.00. The molecule has 0 N–H and O–H groups in total. The van der Waals surface area contributed by atoms with Crippen LogP contribution in [0.3, 0.4) is 0 Å². The topological polar surface area (TPSA) is 62.4 Å². The maximum atomic E-state index is 10.6. The maximum absolute atomic E-state index is 10.6. The Labute approximate surface area is 107 Å². The van der Waals surface area contributed by atoms with Gasteiger partial charge in [0.2, 0.25) is 6.08 Å². The van der Waals surface area contributed by atoms with Crippen molar-refractivity contribution in [3.8, 4) is 12.0 Å². The summed E-state index contributed by atoms with van der Waals surface area (Å²) in [5, 5.41) is 8.65. The van der Waals surface area contributed by atoms with Gasteiger partial charge in [-0.2, -0.15) is 4.99 Å². The van der Waals surface area contributed by atoms with Crippen LogP contribution in [0.5, 0.6) is 5.75 Å². The molecular formula is C14H16N2O2. The fourth-order valence-corrected chi connectivity index (χ4v) is 1.94. The lowest BCUT2D eigenvalue weighted by molar-refractivity contribution is 0.496. The lowest BCUT2D eigenvalue weighted by Crippen LogP contribution is -1.99. The van der Waals surface area contributed by atoms with Gasteiger partial charge in [0, 0.05) is 5.56 Å². The van der Waals surface area contributed by atoms with Crippen LogP contribution in [0.25, 0.3) is 0 Å². The Kier molecular flexibility index (Phi) is 4.65. The second-order valence-electron chi connectivity index (χ2n) is 4.62. The second-order valence-corrected chi connectivity index (χ2v) is 4.62.